The van der Waals surface area contributed by atoms with Gasteiger partial charge in [-0.1, -0.05) is 24.3 Å². The zero-order chi connectivity index (χ0) is 18.1. The molecule has 1 fully saturated rings. The number of carbonyl (C=O) groups is 1. The second kappa shape index (κ2) is 6.80. The highest BCUT2D eigenvalue weighted by Gasteiger charge is 2.32. The predicted molar refractivity (Wildman–Crippen MR) is 95.7 cm³/mol. The largest absolute Gasteiger partial charge is 0.481 e. The molecule has 2 unspecified atom stereocenters. The lowest BCUT2D eigenvalue weighted by atomic mass is 9.96. The van der Waals surface area contributed by atoms with Gasteiger partial charge >= 0.3 is 0 Å². The minimum Gasteiger partial charge on any atom is -0.481 e. The van der Waals surface area contributed by atoms with Gasteiger partial charge in [0.15, 0.2) is 5.78 Å². The molecule has 0 saturated carbocycles. The first kappa shape index (κ1) is 16.6. The number of ether oxygens (including phenoxy) is 1. The van der Waals surface area contributed by atoms with Crippen molar-refractivity contribution >= 4 is 16.6 Å². The molecule has 26 heavy (non-hydrogen) atoms. The SMILES string of the molecule is COc1ccnc(C2CCC(C(=O)c3ccc(F)c4ccccc34)N2)n1. The van der Waals surface area contributed by atoms with E-state index in [0.717, 1.165) is 6.42 Å². The van der Waals surface area contributed by atoms with Crippen LogP contribution in [-0.4, -0.2) is 28.9 Å². The lowest BCUT2D eigenvalue weighted by Crippen LogP contribution is -2.33. The van der Waals surface area contributed by atoms with Crippen LogP contribution in [0.2, 0.25) is 0 Å². The number of nitrogens with zero attached hydrogens (tertiary/aromatic N) is 2. The first-order valence-corrected chi connectivity index (χ1v) is 8.52. The maximum Gasteiger partial charge on any atom is 0.216 e. The number of ketones is 1. The van der Waals surface area contributed by atoms with Crippen LogP contribution in [0.1, 0.15) is 35.1 Å². The van der Waals surface area contributed by atoms with E-state index in [1.165, 1.54) is 6.07 Å². The van der Waals surface area contributed by atoms with E-state index in [2.05, 4.69) is 15.3 Å². The van der Waals surface area contributed by atoms with E-state index >= 15 is 0 Å². The zero-order valence-corrected chi connectivity index (χ0v) is 14.3. The number of carbonyl (C=O) groups excluding carboxylic acids is 1. The molecule has 1 N–H and O–H groups in total. The standard InChI is InChI=1S/C20H18FN3O2/c1-26-18-10-11-22-20(24-18)17-9-8-16(23-17)19(25)14-6-7-15(21)13-5-3-2-4-12(13)14/h2-7,10-11,16-17,23H,8-9H2,1H3. The van der Waals surface area contributed by atoms with Gasteiger partial charge in [0.2, 0.25) is 5.88 Å². The molecule has 1 saturated heterocycles. The van der Waals surface area contributed by atoms with E-state index in [1.807, 2.05) is 6.07 Å². The lowest BCUT2D eigenvalue weighted by Gasteiger charge is -2.14. The highest BCUT2D eigenvalue weighted by molar-refractivity contribution is 6.10. The molecule has 0 radical (unpaired) electrons. The minimum atomic E-state index is -0.344. The van der Waals surface area contributed by atoms with Crippen LogP contribution in [0.3, 0.4) is 0 Å². The summed E-state index contributed by atoms with van der Waals surface area (Å²) >= 11 is 0. The zero-order valence-electron chi connectivity index (χ0n) is 14.3. The molecular formula is C20H18FN3O2. The average molecular weight is 351 g/mol. The number of halogens is 1. The van der Waals surface area contributed by atoms with Crippen molar-refractivity contribution in [2.24, 2.45) is 0 Å². The number of rotatable bonds is 4. The van der Waals surface area contributed by atoms with Crippen molar-refractivity contribution in [3.63, 3.8) is 0 Å². The van der Waals surface area contributed by atoms with Gasteiger partial charge in [-0.25, -0.2) is 9.37 Å². The number of hydrogen-bond donors (Lipinski definition) is 1. The third-order valence-electron chi connectivity index (χ3n) is 4.77. The Morgan fingerprint density at radius 3 is 2.77 bits per heavy atom. The van der Waals surface area contributed by atoms with Gasteiger partial charge in [0.25, 0.3) is 0 Å². The lowest BCUT2D eigenvalue weighted by molar-refractivity contribution is 0.0951. The van der Waals surface area contributed by atoms with Crippen molar-refractivity contribution in [2.45, 2.75) is 24.9 Å². The molecule has 0 spiro atoms. The summed E-state index contributed by atoms with van der Waals surface area (Å²) < 4.78 is 19.1. The number of Topliss-reactive ketones (excluding diaryl/α,β-unsaturated/α-hetero) is 1. The van der Waals surface area contributed by atoms with Crippen LogP contribution >= 0.6 is 0 Å². The van der Waals surface area contributed by atoms with Gasteiger partial charge in [0.1, 0.15) is 11.6 Å². The summed E-state index contributed by atoms with van der Waals surface area (Å²) in [5, 5.41) is 4.41. The van der Waals surface area contributed by atoms with Gasteiger partial charge in [0.05, 0.1) is 19.2 Å². The van der Waals surface area contributed by atoms with E-state index in [1.54, 1.807) is 43.6 Å². The van der Waals surface area contributed by atoms with E-state index in [-0.39, 0.29) is 23.7 Å². The summed E-state index contributed by atoms with van der Waals surface area (Å²) in [5.41, 5.74) is 0.534. The van der Waals surface area contributed by atoms with Crippen molar-refractivity contribution in [2.75, 3.05) is 7.11 Å². The van der Waals surface area contributed by atoms with Crippen LogP contribution in [0, 0.1) is 5.82 Å². The maximum absolute atomic E-state index is 14.0. The molecule has 2 aromatic carbocycles. The molecule has 5 nitrogen and oxygen atoms in total. The fourth-order valence-electron chi connectivity index (χ4n) is 3.46. The molecule has 1 aliphatic rings. The van der Waals surface area contributed by atoms with Crippen molar-refractivity contribution in [3.05, 3.63) is 65.9 Å². The summed E-state index contributed by atoms with van der Waals surface area (Å²) in [4.78, 5) is 21.6. The summed E-state index contributed by atoms with van der Waals surface area (Å²) in [5.74, 6) is 0.755. The fraction of sp³-hybridized carbons (Fsp3) is 0.250. The Morgan fingerprint density at radius 2 is 1.96 bits per heavy atom. The molecule has 1 aromatic heterocycles. The van der Waals surface area contributed by atoms with E-state index in [4.69, 9.17) is 4.74 Å². The van der Waals surface area contributed by atoms with E-state index in [0.29, 0.717) is 34.5 Å². The molecule has 0 aliphatic carbocycles. The summed E-state index contributed by atoms with van der Waals surface area (Å²) in [6.45, 7) is 0. The molecule has 4 rings (SSSR count). The number of benzene rings is 2. The summed E-state index contributed by atoms with van der Waals surface area (Å²) in [6.07, 6.45) is 3.07. The Labute approximate surface area is 150 Å². The van der Waals surface area contributed by atoms with E-state index in [9.17, 15) is 9.18 Å². The van der Waals surface area contributed by atoms with Crippen LogP contribution in [0.5, 0.6) is 5.88 Å². The first-order valence-electron chi connectivity index (χ1n) is 8.52. The number of nitrogens with one attached hydrogen (secondary N) is 1. The van der Waals surface area contributed by atoms with Crippen molar-refractivity contribution < 1.29 is 13.9 Å². The monoisotopic (exact) mass is 351 g/mol. The molecule has 1 aliphatic heterocycles. The number of fused-ring (bicyclic) bond motifs is 1. The second-order valence-corrected chi connectivity index (χ2v) is 6.31. The third-order valence-corrected chi connectivity index (χ3v) is 4.77. The van der Waals surface area contributed by atoms with Crippen molar-refractivity contribution in [1.29, 1.82) is 0 Å². The normalized spacial score (nSPS) is 19.6. The van der Waals surface area contributed by atoms with Crippen LogP contribution in [0.15, 0.2) is 48.7 Å². The maximum atomic E-state index is 14.0. The van der Waals surface area contributed by atoms with Gasteiger partial charge < -0.3 is 4.74 Å². The van der Waals surface area contributed by atoms with E-state index < -0.39 is 0 Å². The highest BCUT2D eigenvalue weighted by atomic mass is 19.1. The fourth-order valence-corrected chi connectivity index (χ4v) is 3.46. The molecule has 3 aromatic rings. The van der Waals surface area contributed by atoms with Crippen LogP contribution < -0.4 is 10.1 Å². The van der Waals surface area contributed by atoms with Crippen LogP contribution in [-0.2, 0) is 0 Å². The molecular weight excluding hydrogens is 333 g/mol. The topological polar surface area (TPSA) is 64.1 Å². The van der Waals surface area contributed by atoms with Crippen molar-refractivity contribution in [3.8, 4) is 5.88 Å². The predicted octanol–water partition coefficient (Wildman–Crippen LogP) is 3.45. The Balaban J connectivity index is 1.60. The van der Waals surface area contributed by atoms with Crippen LogP contribution in [0.4, 0.5) is 4.39 Å². The molecule has 2 atom stereocenters. The number of aromatic nitrogens is 2. The van der Waals surface area contributed by atoms with Crippen LogP contribution in [0.25, 0.3) is 10.8 Å². The average Bonchev–Trinajstić information content (AvgIpc) is 3.18. The van der Waals surface area contributed by atoms with Gasteiger partial charge in [-0.3, -0.25) is 10.1 Å². The van der Waals surface area contributed by atoms with Gasteiger partial charge in [-0.15, -0.1) is 0 Å². The van der Waals surface area contributed by atoms with Gasteiger partial charge in [-0.05, 0) is 30.4 Å². The minimum absolute atomic E-state index is 0.0356. The van der Waals surface area contributed by atoms with Gasteiger partial charge in [0, 0.05) is 23.2 Å². The second-order valence-electron chi connectivity index (χ2n) is 6.31. The molecule has 132 valence electrons. The quantitative estimate of drug-likeness (QED) is 0.730. The van der Waals surface area contributed by atoms with Gasteiger partial charge in [-0.2, -0.15) is 4.98 Å². The molecule has 0 amide bonds. The Hall–Kier alpha value is -2.86. The Kier molecular flexibility index (Phi) is 4.34. The third kappa shape index (κ3) is 2.93. The Morgan fingerprint density at radius 1 is 1.15 bits per heavy atom. The summed E-state index contributed by atoms with van der Waals surface area (Å²) in [6, 6.07) is 11.2. The summed E-state index contributed by atoms with van der Waals surface area (Å²) in [7, 11) is 1.56. The Bertz CT molecular complexity index is 976. The first-order chi connectivity index (χ1) is 12.7. The number of hydrogen-bond acceptors (Lipinski definition) is 5. The highest BCUT2D eigenvalue weighted by Crippen LogP contribution is 2.29. The molecule has 0 bridgehead atoms. The number of methoxy groups -OCH3 is 1. The molecule has 6 heteroatoms. The smallest absolute Gasteiger partial charge is 0.216 e. The van der Waals surface area contributed by atoms with Crippen molar-refractivity contribution in [1.82, 2.24) is 15.3 Å². The molecule has 2 heterocycles.